The summed E-state index contributed by atoms with van der Waals surface area (Å²) in [5.74, 6) is 3.84. The van der Waals surface area contributed by atoms with E-state index in [0.717, 1.165) is 37.4 Å². The minimum absolute atomic E-state index is 0.108. The summed E-state index contributed by atoms with van der Waals surface area (Å²) in [5.41, 5.74) is 2.12. The minimum Gasteiger partial charge on any atom is -0.446 e. The first-order chi connectivity index (χ1) is 21.5. The Morgan fingerprint density at radius 3 is 1.89 bits per heavy atom. The first-order valence-electron chi connectivity index (χ1n) is 15.3. The average Bonchev–Trinajstić information content (AvgIpc) is 3.43. The molecule has 15 heteroatoms. The van der Waals surface area contributed by atoms with Crippen LogP contribution < -0.4 is 19.6 Å². The molecule has 242 valence electrons. The van der Waals surface area contributed by atoms with Crippen molar-refractivity contribution in [3.63, 3.8) is 0 Å². The lowest BCUT2D eigenvalue weighted by Crippen LogP contribution is -2.39. The van der Waals surface area contributed by atoms with Gasteiger partial charge < -0.3 is 48.4 Å². The quantitative estimate of drug-likeness (QED) is 0.247. The monoisotopic (exact) mass is 615 g/mol. The smallest absolute Gasteiger partial charge is 0.228 e. The number of hydrogen-bond acceptors (Lipinski definition) is 15. The van der Waals surface area contributed by atoms with Crippen molar-refractivity contribution in [3.8, 4) is 0 Å². The van der Waals surface area contributed by atoms with E-state index < -0.39 is 0 Å². The maximum absolute atomic E-state index is 9.83. The van der Waals surface area contributed by atoms with Crippen molar-refractivity contribution >= 4 is 34.6 Å². The number of aliphatic hydroxyl groups excluding tert-OH is 2. The van der Waals surface area contributed by atoms with Crippen molar-refractivity contribution in [1.29, 1.82) is 0 Å². The summed E-state index contributed by atoms with van der Waals surface area (Å²) in [7, 11) is 5.11. The fourth-order valence-electron chi connectivity index (χ4n) is 5.77. The predicted molar refractivity (Wildman–Crippen MR) is 166 cm³/mol. The van der Waals surface area contributed by atoms with E-state index in [1.54, 1.807) is 26.2 Å². The lowest BCUT2D eigenvalue weighted by molar-refractivity contribution is 0.0818. The maximum atomic E-state index is 9.83. The third-order valence-electron chi connectivity index (χ3n) is 8.13. The summed E-state index contributed by atoms with van der Waals surface area (Å²) in [6.07, 6.45) is 2.59. The molecule has 2 aliphatic rings. The number of oxazole rings is 1. The molecule has 0 aliphatic carbocycles. The van der Waals surface area contributed by atoms with Gasteiger partial charge in [0.1, 0.15) is 22.5 Å². The molecule has 0 radical (unpaired) electrons. The van der Waals surface area contributed by atoms with Gasteiger partial charge in [0.05, 0.1) is 39.1 Å². The van der Waals surface area contributed by atoms with Crippen LogP contribution >= 0.6 is 0 Å². The van der Waals surface area contributed by atoms with Gasteiger partial charge in [0.15, 0.2) is 17.5 Å². The molecular formula is C29H45N9O6. The molecule has 2 N–H and O–H groups in total. The lowest BCUT2D eigenvalue weighted by Gasteiger charge is -2.34. The van der Waals surface area contributed by atoms with Gasteiger partial charge in [-0.05, 0) is 12.8 Å². The third kappa shape index (κ3) is 7.12. The standard InChI is InChI=1S/C29H45N9O6/c1-20-30-22-19-38(10-7-23(22)44-20)27-25-24(31-28(34-27)36(11-15-39)12-16-40)26(35-8-5-21(43-4)6-9-35)33-29(32-25)37(13-17-41-2)14-18-42-3/h21,39-40H,5-19H2,1-4H3. The number of ether oxygens (including phenoxy) is 3. The SMILES string of the molecule is COCCN(CCOC)c1nc(N2CCC(OC)CC2)c2nc(N(CCO)CCO)nc(N3CCc4oc(C)nc4C3)c2n1. The summed E-state index contributed by atoms with van der Waals surface area (Å²) in [6.45, 7) is 6.99. The molecule has 3 aromatic heterocycles. The van der Waals surface area contributed by atoms with E-state index in [9.17, 15) is 10.2 Å². The van der Waals surface area contributed by atoms with Crippen LogP contribution in [-0.2, 0) is 27.2 Å². The molecule has 0 bridgehead atoms. The second kappa shape index (κ2) is 15.1. The molecule has 0 atom stereocenters. The molecule has 0 unspecified atom stereocenters. The Balaban J connectivity index is 1.70. The van der Waals surface area contributed by atoms with Crippen LogP contribution in [0.15, 0.2) is 4.42 Å². The Morgan fingerprint density at radius 1 is 0.773 bits per heavy atom. The predicted octanol–water partition coefficient (Wildman–Crippen LogP) is 0.784. The molecule has 0 spiro atoms. The van der Waals surface area contributed by atoms with Gasteiger partial charge in [-0.3, -0.25) is 0 Å². The number of methoxy groups -OCH3 is 3. The van der Waals surface area contributed by atoms with Crippen molar-refractivity contribution in [2.24, 2.45) is 0 Å². The van der Waals surface area contributed by atoms with E-state index in [2.05, 4.69) is 19.7 Å². The van der Waals surface area contributed by atoms with E-state index in [1.807, 2.05) is 6.92 Å². The first-order valence-corrected chi connectivity index (χ1v) is 15.3. The number of fused-ring (bicyclic) bond motifs is 2. The van der Waals surface area contributed by atoms with E-state index in [-0.39, 0.29) is 32.4 Å². The van der Waals surface area contributed by atoms with Crippen LogP contribution in [0.4, 0.5) is 23.5 Å². The van der Waals surface area contributed by atoms with Gasteiger partial charge in [0.2, 0.25) is 11.9 Å². The van der Waals surface area contributed by atoms with Gasteiger partial charge in [-0.2, -0.15) is 9.97 Å². The van der Waals surface area contributed by atoms with Crippen LogP contribution in [0.1, 0.15) is 30.2 Å². The van der Waals surface area contributed by atoms with Gasteiger partial charge in [-0.15, -0.1) is 0 Å². The number of rotatable bonds is 15. The van der Waals surface area contributed by atoms with Gasteiger partial charge in [0.25, 0.3) is 0 Å². The molecule has 3 aromatic rings. The highest BCUT2D eigenvalue weighted by molar-refractivity contribution is 5.95. The maximum Gasteiger partial charge on any atom is 0.228 e. The molecule has 2 aliphatic heterocycles. The Morgan fingerprint density at radius 2 is 1.34 bits per heavy atom. The molecule has 1 saturated heterocycles. The molecule has 44 heavy (non-hydrogen) atoms. The fourth-order valence-corrected chi connectivity index (χ4v) is 5.77. The fraction of sp³-hybridized carbons (Fsp3) is 0.690. The largest absolute Gasteiger partial charge is 0.446 e. The lowest BCUT2D eigenvalue weighted by atomic mass is 10.1. The highest BCUT2D eigenvalue weighted by atomic mass is 16.5. The number of aliphatic hydroxyl groups is 2. The highest BCUT2D eigenvalue weighted by Crippen LogP contribution is 2.35. The first kappa shape index (κ1) is 32.0. The number of aryl methyl sites for hydroxylation is 1. The summed E-state index contributed by atoms with van der Waals surface area (Å²) >= 11 is 0. The topological polar surface area (TPSA) is 159 Å². The Hall–Kier alpha value is -3.37. The molecule has 0 aromatic carbocycles. The Bertz CT molecular complexity index is 1350. The summed E-state index contributed by atoms with van der Waals surface area (Å²) < 4.78 is 22.3. The van der Waals surface area contributed by atoms with Crippen LogP contribution in [-0.4, -0.2) is 135 Å². The van der Waals surface area contributed by atoms with E-state index in [1.165, 1.54) is 0 Å². The molecule has 0 saturated carbocycles. The second-order valence-electron chi connectivity index (χ2n) is 11.0. The number of hydrogen-bond donors (Lipinski definition) is 2. The van der Waals surface area contributed by atoms with E-state index in [4.69, 9.17) is 38.6 Å². The molecule has 1 fully saturated rings. The third-order valence-corrected chi connectivity index (χ3v) is 8.13. The van der Waals surface area contributed by atoms with Crippen molar-refractivity contribution < 1.29 is 28.8 Å². The second-order valence-corrected chi connectivity index (χ2v) is 11.0. The Labute approximate surface area is 257 Å². The number of piperidine rings is 1. The average molecular weight is 616 g/mol. The van der Waals surface area contributed by atoms with Crippen LogP contribution in [0.2, 0.25) is 0 Å². The van der Waals surface area contributed by atoms with Crippen LogP contribution in [0.5, 0.6) is 0 Å². The minimum atomic E-state index is -0.108. The zero-order chi connectivity index (χ0) is 31.1. The van der Waals surface area contributed by atoms with Crippen LogP contribution in [0.25, 0.3) is 11.0 Å². The highest BCUT2D eigenvalue weighted by Gasteiger charge is 2.30. The van der Waals surface area contributed by atoms with Crippen molar-refractivity contribution in [2.45, 2.75) is 38.8 Å². The summed E-state index contributed by atoms with van der Waals surface area (Å²) in [6, 6.07) is 0. The van der Waals surface area contributed by atoms with Crippen LogP contribution in [0, 0.1) is 6.92 Å². The van der Waals surface area contributed by atoms with Gasteiger partial charge in [-0.25, -0.2) is 15.0 Å². The van der Waals surface area contributed by atoms with Crippen molar-refractivity contribution in [3.05, 3.63) is 17.3 Å². The molecule has 15 nitrogen and oxygen atoms in total. The molecular weight excluding hydrogens is 570 g/mol. The molecule has 5 rings (SSSR count). The number of anilines is 4. The van der Waals surface area contributed by atoms with Crippen molar-refractivity contribution in [1.82, 2.24) is 24.9 Å². The van der Waals surface area contributed by atoms with Gasteiger partial charge in [-0.1, -0.05) is 0 Å². The summed E-state index contributed by atoms with van der Waals surface area (Å²) in [4.78, 5) is 33.2. The van der Waals surface area contributed by atoms with Gasteiger partial charge >= 0.3 is 0 Å². The zero-order valence-corrected chi connectivity index (χ0v) is 26.2. The van der Waals surface area contributed by atoms with Crippen LogP contribution in [0.3, 0.4) is 0 Å². The van der Waals surface area contributed by atoms with E-state index >= 15 is 0 Å². The zero-order valence-electron chi connectivity index (χ0n) is 26.2. The molecule has 0 amide bonds. The normalized spacial score (nSPS) is 15.7. The Kier molecular flexibility index (Phi) is 11.0. The van der Waals surface area contributed by atoms with Gasteiger partial charge in [0, 0.05) is 80.5 Å². The summed E-state index contributed by atoms with van der Waals surface area (Å²) in [5, 5.41) is 19.7. The van der Waals surface area contributed by atoms with E-state index in [0.29, 0.717) is 86.3 Å². The molecule has 5 heterocycles. The number of aromatic nitrogens is 5. The van der Waals surface area contributed by atoms with Crippen molar-refractivity contribution in [2.75, 3.05) is 113 Å². The number of nitrogens with zero attached hydrogens (tertiary/aromatic N) is 9.